The molecule has 0 spiro atoms. The second-order valence-electron chi connectivity index (χ2n) is 3.46. The number of nitrogens with zero attached hydrogens (tertiary/aromatic N) is 7. The Balaban J connectivity index is 2.17. The molecule has 0 unspecified atom stereocenters. The van der Waals surface area contributed by atoms with Gasteiger partial charge < -0.3 is 0 Å². The Hall–Kier alpha value is -3.01. The van der Waals surface area contributed by atoms with Crippen LogP contribution in [0.25, 0.3) is 11.6 Å². The SMILES string of the molecule is N#Cc1nccn1-c1nnnn1-c1ccccc1. The Morgan fingerprint density at radius 3 is 2.78 bits per heavy atom. The molecule has 0 atom stereocenters. The molecule has 0 aliphatic rings. The smallest absolute Gasteiger partial charge is 0.258 e. The van der Waals surface area contributed by atoms with Crippen molar-refractivity contribution >= 4 is 0 Å². The van der Waals surface area contributed by atoms with Crippen molar-refractivity contribution in [1.82, 2.24) is 29.8 Å². The first-order chi connectivity index (χ1) is 8.90. The lowest BCUT2D eigenvalue weighted by atomic mass is 10.3. The molecule has 0 radical (unpaired) electrons. The Morgan fingerprint density at radius 1 is 1.17 bits per heavy atom. The quantitative estimate of drug-likeness (QED) is 0.655. The minimum atomic E-state index is 0.238. The molecule has 0 fully saturated rings. The van der Waals surface area contributed by atoms with E-state index in [1.54, 1.807) is 10.9 Å². The van der Waals surface area contributed by atoms with E-state index in [1.165, 1.54) is 10.8 Å². The van der Waals surface area contributed by atoms with Gasteiger partial charge in [0.2, 0.25) is 5.82 Å². The summed E-state index contributed by atoms with van der Waals surface area (Å²) in [6, 6.07) is 11.4. The van der Waals surface area contributed by atoms with E-state index in [9.17, 15) is 0 Å². The molecule has 0 saturated carbocycles. The highest BCUT2D eigenvalue weighted by atomic mass is 15.6. The second kappa shape index (κ2) is 4.10. The summed E-state index contributed by atoms with van der Waals surface area (Å²) in [5.74, 6) is 0.664. The van der Waals surface area contributed by atoms with Gasteiger partial charge in [-0.3, -0.25) is 4.57 Å². The zero-order valence-corrected chi connectivity index (χ0v) is 9.17. The van der Waals surface area contributed by atoms with Crippen molar-refractivity contribution in [3.05, 3.63) is 48.5 Å². The largest absolute Gasteiger partial charge is 0.260 e. The molecule has 7 heteroatoms. The fourth-order valence-corrected chi connectivity index (χ4v) is 1.62. The lowest BCUT2D eigenvalue weighted by molar-refractivity contribution is 0.770. The molecule has 3 aromatic rings. The van der Waals surface area contributed by atoms with Gasteiger partial charge in [-0.05, 0) is 22.6 Å². The third-order valence-electron chi connectivity index (χ3n) is 2.41. The second-order valence-corrected chi connectivity index (χ2v) is 3.46. The molecule has 86 valence electrons. The summed E-state index contributed by atoms with van der Waals surface area (Å²) >= 11 is 0. The number of tetrazole rings is 1. The van der Waals surface area contributed by atoms with E-state index in [0.717, 1.165) is 5.69 Å². The molecule has 0 bridgehead atoms. The van der Waals surface area contributed by atoms with Gasteiger partial charge in [0.25, 0.3) is 5.95 Å². The molecule has 3 rings (SSSR count). The van der Waals surface area contributed by atoms with Crippen LogP contribution < -0.4 is 0 Å². The molecule has 7 nitrogen and oxygen atoms in total. The summed E-state index contributed by atoms with van der Waals surface area (Å²) in [4.78, 5) is 3.92. The molecule has 2 aromatic heterocycles. The number of hydrogen-bond donors (Lipinski definition) is 0. The number of para-hydroxylation sites is 1. The Kier molecular flexibility index (Phi) is 2.32. The Morgan fingerprint density at radius 2 is 2.00 bits per heavy atom. The van der Waals surface area contributed by atoms with E-state index in [4.69, 9.17) is 5.26 Å². The maximum Gasteiger partial charge on any atom is 0.260 e. The molecule has 2 heterocycles. The van der Waals surface area contributed by atoms with E-state index >= 15 is 0 Å². The number of rotatable bonds is 2. The topological polar surface area (TPSA) is 85.2 Å². The standard InChI is InChI=1S/C11H7N7/c12-8-10-13-6-7-17(10)11-14-15-16-18(11)9-4-2-1-3-5-9/h1-7H. The van der Waals surface area contributed by atoms with Crippen LogP contribution in [0.2, 0.25) is 0 Å². The highest BCUT2D eigenvalue weighted by Crippen LogP contribution is 2.11. The minimum Gasteiger partial charge on any atom is -0.258 e. The van der Waals surface area contributed by atoms with E-state index in [-0.39, 0.29) is 5.82 Å². The van der Waals surface area contributed by atoms with Crippen LogP contribution in [-0.2, 0) is 0 Å². The third kappa shape index (κ3) is 1.53. The van der Waals surface area contributed by atoms with Gasteiger partial charge in [-0.25, -0.2) is 4.98 Å². The van der Waals surface area contributed by atoms with E-state index < -0.39 is 0 Å². The van der Waals surface area contributed by atoms with Crippen LogP contribution in [-0.4, -0.2) is 29.8 Å². The van der Waals surface area contributed by atoms with Gasteiger partial charge in [-0.2, -0.15) is 9.94 Å². The van der Waals surface area contributed by atoms with Crippen molar-refractivity contribution in [2.45, 2.75) is 0 Å². The van der Waals surface area contributed by atoms with Gasteiger partial charge in [0.15, 0.2) is 0 Å². The number of aromatic nitrogens is 6. The van der Waals surface area contributed by atoms with Crippen molar-refractivity contribution in [2.75, 3.05) is 0 Å². The van der Waals surface area contributed by atoms with Gasteiger partial charge in [0.05, 0.1) is 5.69 Å². The average molecular weight is 237 g/mol. The molecule has 18 heavy (non-hydrogen) atoms. The van der Waals surface area contributed by atoms with E-state index in [0.29, 0.717) is 5.95 Å². The zero-order valence-electron chi connectivity index (χ0n) is 9.17. The summed E-state index contributed by atoms with van der Waals surface area (Å²) in [5.41, 5.74) is 0.815. The summed E-state index contributed by atoms with van der Waals surface area (Å²) < 4.78 is 3.08. The highest BCUT2D eigenvalue weighted by Gasteiger charge is 2.13. The summed E-state index contributed by atoms with van der Waals surface area (Å²) in [7, 11) is 0. The fourth-order valence-electron chi connectivity index (χ4n) is 1.62. The van der Waals surface area contributed by atoms with Crippen molar-refractivity contribution in [3.63, 3.8) is 0 Å². The van der Waals surface area contributed by atoms with Crippen LogP contribution in [0, 0.1) is 11.3 Å². The van der Waals surface area contributed by atoms with Crippen LogP contribution in [0.3, 0.4) is 0 Å². The normalized spacial score (nSPS) is 10.2. The van der Waals surface area contributed by atoms with Gasteiger partial charge >= 0.3 is 0 Å². The van der Waals surface area contributed by atoms with Crippen LogP contribution >= 0.6 is 0 Å². The molecule has 0 aliphatic heterocycles. The Bertz CT molecular complexity index is 704. The first kappa shape index (κ1) is 10.2. The number of hydrogen-bond acceptors (Lipinski definition) is 5. The number of imidazole rings is 1. The molecular weight excluding hydrogens is 230 g/mol. The van der Waals surface area contributed by atoms with Crippen molar-refractivity contribution in [1.29, 1.82) is 5.26 Å². The van der Waals surface area contributed by atoms with Crippen LogP contribution in [0.15, 0.2) is 42.7 Å². The summed E-state index contributed by atoms with van der Waals surface area (Å²) in [6.45, 7) is 0. The third-order valence-corrected chi connectivity index (χ3v) is 2.41. The van der Waals surface area contributed by atoms with Gasteiger partial charge in [-0.1, -0.05) is 23.3 Å². The van der Waals surface area contributed by atoms with Crippen molar-refractivity contribution in [3.8, 4) is 17.7 Å². The lowest BCUT2D eigenvalue weighted by Gasteiger charge is -2.04. The summed E-state index contributed by atoms with van der Waals surface area (Å²) in [6.07, 6.45) is 3.17. The fraction of sp³-hybridized carbons (Fsp3) is 0. The first-order valence-electron chi connectivity index (χ1n) is 5.18. The monoisotopic (exact) mass is 237 g/mol. The molecular formula is C11H7N7. The molecule has 0 amide bonds. The van der Waals surface area contributed by atoms with Gasteiger partial charge in [-0.15, -0.1) is 0 Å². The molecule has 0 saturated heterocycles. The van der Waals surface area contributed by atoms with Crippen LogP contribution in [0.5, 0.6) is 0 Å². The van der Waals surface area contributed by atoms with E-state index in [2.05, 4.69) is 20.5 Å². The lowest BCUT2D eigenvalue weighted by Crippen LogP contribution is -2.07. The Labute approximate surface area is 102 Å². The molecule has 1 aromatic carbocycles. The minimum absolute atomic E-state index is 0.238. The predicted molar refractivity (Wildman–Crippen MR) is 61.0 cm³/mol. The maximum atomic E-state index is 8.96. The van der Waals surface area contributed by atoms with Crippen molar-refractivity contribution < 1.29 is 0 Å². The predicted octanol–water partition coefficient (Wildman–Crippen LogP) is 0.720. The highest BCUT2D eigenvalue weighted by molar-refractivity contribution is 5.35. The summed E-state index contributed by atoms with van der Waals surface area (Å²) in [5, 5.41) is 20.4. The van der Waals surface area contributed by atoms with Gasteiger partial charge in [0.1, 0.15) is 6.07 Å². The maximum absolute atomic E-state index is 8.96. The van der Waals surface area contributed by atoms with Crippen LogP contribution in [0.1, 0.15) is 5.82 Å². The van der Waals surface area contributed by atoms with Crippen LogP contribution in [0.4, 0.5) is 0 Å². The first-order valence-corrected chi connectivity index (χ1v) is 5.18. The number of benzene rings is 1. The number of nitriles is 1. The van der Waals surface area contributed by atoms with Gasteiger partial charge in [0, 0.05) is 12.4 Å². The zero-order chi connectivity index (χ0) is 12.4. The van der Waals surface area contributed by atoms with E-state index in [1.807, 2.05) is 36.4 Å². The molecule has 0 N–H and O–H groups in total. The molecule has 0 aliphatic carbocycles. The average Bonchev–Trinajstić information content (AvgIpc) is 3.07. The van der Waals surface area contributed by atoms with Crippen molar-refractivity contribution in [2.24, 2.45) is 0 Å².